The van der Waals surface area contributed by atoms with Crippen LogP contribution < -0.4 is 0 Å². The molecule has 1 aliphatic rings. The van der Waals surface area contributed by atoms with Crippen LogP contribution in [0.4, 0.5) is 0 Å². The van der Waals surface area contributed by atoms with Crippen LogP contribution >= 0.6 is 0 Å². The predicted octanol–water partition coefficient (Wildman–Crippen LogP) is 2.73. The highest BCUT2D eigenvalue weighted by Crippen LogP contribution is 2.39. The molecule has 0 radical (unpaired) electrons. The van der Waals surface area contributed by atoms with Gasteiger partial charge >= 0.3 is 0 Å². The summed E-state index contributed by atoms with van der Waals surface area (Å²) in [5, 5.41) is 10.7. The molecule has 1 N–H and O–H groups in total. The highest BCUT2D eigenvalue weighted by molar-refractivity contribution is 5.80. The first-order chi connectivity index (χ1) is 10.2. The summed E-state index contributed by atoms with van der Waals surface area (Å²) in [6.07, 6.45) is -0.220. The molecule has 0 bridgehead atoms. The second-order valence-electron chi connectivity index (χ2n) is 5.57. The molecular weight excluding hydrogens is 262 g/mol. The Hall–Kier alpha value is -2.13. The molecule has 0 saturated carbocycles. The molecular formula is C18H19NO2. The van der Waals surface area contributed by atoms with Crippen molar-refractivity contribution in [2.75, 3.05) is 7.05 Å². The third kappa shape index (κ3) is 2.57. The SMILES string of the molecule is CN1C(=O)C[C@H](c2ccccc2)[C@@H]1[C@H](O)c1ccccc1. The smallest absolute Gasteiger partial charge is 0.223 e. The van der Waals surface area contributed by atoms with Crippen LogP contribution in [-0.2, 0) is 4.79 Å². The van der Waals surface area contributed by atoms with Crippen molar-refractivity contribution >= 4 is 5.91 Å². The third-order valence-corrected chi connectivity index (χ3v) is 4.34. The van der Waals surface area contributed by atoms with E-state index in [4.69, 9.17) is 0 Å². The highest BCUT2D eigenvalue weighted by atomic mass is 16.3. The predicted molar refractivity (Wildman–Crippen MR) is 81.8 cm³/mol. The second kappa shape index (κ2) is 5.70. The number of aliphatic hydroxyl groups is 1. The van der Waals surface area contributed by atoms with Gasteiger partial charge in [-0.25, -0.2) is 0 Å². The van der Waals surface area contributed by atoms with Crippen molar-refractivity contribution < 1.29 is 9.90 Å². The van der Waals surface area contributed by atoms with Crippen LogP contribution in [0.15, 0.2) is 60.7 Å². The molecule has 2 aromatic carbocycles. The lowest BCUT2D eigenvalue weighted by atomic mass is 9.86. The van der Waals surface area contributed by atoms with Crippen molar-refractivity contribution in [1.82, 2.24) is 4.90 Å². The Bertz CT molecular complexity index is 612. The van der Waals surface area contributed by atoms with Gasteiger partial charge in [0, 0.05) is 19.4 Å². The van der Waals surface area contributed by atoms with E-state index in [1.165, 1.54) is 0 Å². The number of aliphatic hydroxyl groups excluding tert-OH is 1. The summed E-state index contributed by atoms with van der Waals surface area (Å²) in [6, 6.07) is 19.3. The fourth-order valence-corrected chi connectivity index (χ4v) is 3.18. The number of likely N-dealkylation sites (N-methyl/N-ethyl adjacent to an activating group) is 1. The van der Waals surface area contributed by atoms with Crippen molar-refractivity contribution in [2.24, 2.45) is 0 Å². The average molecular weight is 281 g/mol. The number of carbonyl (C=O) groups excluding carboxylic acids is 1. The Morgan fingerprint density at radius 3 is 2.24 bits per heavy atom. The van der Waals surface area contributed by atoms with Gasteiger partial charge in [-0.3, -0.25) is 4.79 Å². The molecule has 0 spiro atoms. The number of rotatable bonds is 3. The Morgan fingerprint density at radius 1 is 1.05 bits per heavy atom. The molecule has 21 heavy (non-hydrogen) atoms. The lowest BCUT2D eigenvalue weighted by Crippen LogP contribution is -2.36. The summed E-state index contributed by atoms with van der Waals surface area (Å²) in [5.41, 5.74) is 1.96. The number of nitrogens with zero attached hydrogens (tertiary/aromatic N) is 1. The zero-order chi connectivity index (χ0) is 14.8. The molecule has 108 valence electrons. The van der Waals surface area contributed by atoms with Gasteiger partial charge in [0.25, 0.3) is 0 Å². The molecule has 2 aromatic rings. The number of amides is 1. The van der Waals surface area contributed by atoms with Crippen LogP contribution in [0.5, 0.6) is 0 Å². The maximum absolute atomic E-state index is 12.1. The monoisotopic (exact) mass is 281 g/mol. The zero-order valence-electron chi connectivity index (χ0n) is 12.0. The zero-order valence-corrected chi connectivity index (χ0v) is 12.0. The van der Waals surface area contributed by atoms with Crippen molar-refractivity contribution in [1.29, 1.82) is 0 Å². The van der Waals surface area contributed by atoms with Crippen LogP contribution in [0.2, 0.25) is 0 Å². The highest BCUT2D eigenvalue weighted by Gasteiger charge is 2.42. The molecule has 3 atom stereocenters. The number of likely N-dealkylation sites (tertiary alicyclic amines) is 1. The number of hydrogen-bond donors (Lipinski definition) is 1. The van der Waals surface area contributed by atoms with Gasteiger partial charge in [-0.1, -0.05) is 60.7 Å². The molecule has 1 heterocycles. The van der Waals surface area contributed by atoms with Gasteiger partial charge in [0.2, 0.25) is 5.91 Å². The van der Waals surface area contributed by atoms with E-state index in [-0.39, 0.29) is 17.9 Å². The van der Waals surface area contributed by atoms with Gasteiger partial charge in [-0.15, -0.1) is 0 Å². The van der Waals surface area contributed by atoms with Crippen LogP contribution in [-0.4, -0.2) is 29.0 Å². The maximum atomic E-state index is 12.1. The van der Waals surface area contributed by atoms with Crippen LogP contribution in [0, 0.1) is 0 Å². The summed E-state index contributed by atoms with van der Waals surface area (Å²) in [6.45, 7) is 0. The Balaban J connectivity index is 1.95. The minimum Gasteiger partial charge on any atom is -0.386 e. The van der Waals surface area contributed by atoms with E-state index in [1.807, 2.05) is 60.7 Å². The van der Waals surface area contributed by atoms with E-state index >= 15 is 0 Å². The van der Waals surface area contributed by atoms with E-state index in [0.717, 1.165) is 11.1 Å². The van der Waals surface area contributed by atoms with E-state index in [9.17, 15) is 9.90 Å². The van der Waals surface area contributed by atoms with Crippen LogP contribution in [0.1, 0.15) is 29.6 Å². The van der Waals surface area contributed by atoms with Crippen molar-refractivity contribution in [2.45, 2.75) is 24.5 Å². The minimum atomic E-state index is -0.673. The first-order valence-electron chi connectivity index (χ1n) is 7.22. The Kier molecular flexibility index (Phi) is 3.76. The quantitative estimate of drug-likeness (QED) is 0.939. The standard InChI is InChI=1S/C18H19NO2/c1-19-16(20)12-15(13-8-4-2-5-9-13)17(19)18(21)14-10-6-3-7-11-14/h2-11,15,17-18,21H,12H2,1H3/t15-,17-,18-/m1/s1. The molecule has 3 rings (SSSR count). The van der Waals surface area contributed by atoms with E-state index in [1.54, 1.807) is 11.9 Å². The van der Waals surface area contributed by atoms with E-state index in [0.29, 0.717) is 6.42 Å². The third-order valence-electron chi connectivity index (χ3n) is 4.34. The van der Waals surface area contributed by atoms with Crippen LogP contribution in [0.3, 0.4) is 0 Å². The molecule has 1 amide bonds. The normalized spacial score (nSPS) is 23.3. The van der Waals surface area contributed by atoms with Gasteiger partial charge in [-0.05, 0) is 11.1 Å². The summed E-state index contributed by atoms with van der Waals surface area (Å²) in [5.74, 6) is 0.114. The largest absolute Gasteiger partial charge is 0.386 e. The second-order valence-corrected chi connectivity index (χ2v) is 5.57. The molecule has 0 aromatic heterocycles. The summed E-state index contributed by atoms with van der Waals surface area (Å²) < 4.78 is 0. The first-order valence-corrected chi connectivity index (χ1v) is 7.22. The van der Waals surface area contributed by atoms with Gasteiger partial charge in [-0.2, -0.15) is 0 Å². The van der Waals surface area contributed by atoms with Gasteiger partial charge in [0.15, 0.2) is 0 Å². The molecule has 0 aliphatic carbocycles. The number of hydrogen-bond acceptors (Lipinski definition) is 2. The lowest BCUT2D eigenvalue weighted by Gasteiger charge is -2.30. The van der Waals surface area contributed by atoms with Crippen molar-refractivity contribution in [3.8, 4) is 0 Å². The summed E-state index contributed by atoms with van der Waals surface area (Å²) in [7, 11) is 1.78. The van der Waals surface area contributed by atoms with Crippen LogP contribution in [0.25, 0.3) is 0 Å². The van der Waals surface area contributed by atoms with Crippen molar-refractivity contribution in [3.63, 3.8) is 0 Å². The molecule has 3 nitrogen and oxygen atoms in total. The molecule has 1 fully saturated rings. The fourth-order valence-electron chi connectivity index (χ4n) is 3.18. The van der Waals surface area contributed by atoms with Gasteiger partial charge in [0.05, 0.1) is 12.1 Å². The molecule has 1 aliphatic heterocycles. The van der Waals surface area contributed by atoms with E-state index < -0.39 is 6.10 Å². The number of carbonyl (C=O) groups is 1. The van der Waals surface area contributed by atoms with E-state index in [2.05, 4.69) is 0 Å². The molecule has 1 saturated heterocycles. The topological polar surface area (TPSA) is 40.5 Å². The lowest BCUT2D eigenvalue weighted by molar-refractivity contribution is -0.128. The maximum Gasteiger partial charge on any atom is 0.223 e. The van der Waals surface area contributed by atoms with Gasteiger partial charge < -0.3 is 10.0 Å². The number of benzene rings is 2. The summed E-state index contributed by atoms with van der Waals surface area (Å²) in [4.78, 5) is 13.8. The fraction of sp³-hybridized carbons (Fsp3) is 0.278. The molecule has 3 heteroatoms. The van der Waals surface area contributed by atoms with Gasteiger partial charge in [0.1, 0.15) is 0 Å². The minimum absolute atomic E-state index is 0.0268. The first kappa shape index (κ1) is 13.8. The Morgan fingerprint density at radius 2 is 1.62 bits per heavy atom. The summed E-state index contributed by atoms with van der Waals surface area (Å²) >= 11 is 0. The molecule has 0 unspecified atom stereocenters. The Labute approximate surface area is 124 Å². The average Bonchev–Trinajstić information content (AvgIpc) is 2.84. The van der Waals surface area contributed by atoms with Crippen molar-refractivity contribution in [3.05, 3.63) is 71.8 Å².